The fraction of sp³-hybridized carbons (Fsp3) is 0.0625. The summed E-state index contributed by atoms with van der Waals surface area (Å²) < 4.78 is 15.6. The lowest BCUT2D eigenvalue weighted by molar-refractivity contribution is 0.360. The van der Waals surface area contributed by atoms with Gasteiger partial charge in [-0.25, -0.2) is 15.0 Å². The van der Waals surface area contributed by atoms with E-state index in [9.17, 15) is 0 Å². The van der Waals surface area contributed by atoms with Gasteiger partial charge in [-0.05, 0) is 77.4 Å². The third-order valence-corrected chi connectivity index (χ3v) is 10.9. The Bertz CT molecular complexity index is 2910. The van der Waals surface area contributed by atoms with E-state index >= 15 is 0 Å². The number of ether oxygens (including phenoxy) is 2. The Morgan fingerprint density at radius 1 is 0.463 bits per heavy atom. The maximum Gasteiger partial charge on any atom is 0.178 e. The summed E-state index contributed by atoms with van der Waals surface area (Å²) in [6, 6.07) is 54.2. The maximum atomic E-state index is 6.77. The molecule has 0 bridgehead atoms. The van der Waals surface area contributed by atoms with Crippen molar-refractivity contribution in [3.8, 4) is 74.0 Å². The molecule has 0 atom stereocenters. The van der Waals surface area contributed by atoms with Gasteiger partial charge in [-0.2, -0.15) is 0 Å². The van der Waals surface area contributed by atoms with Crippen molar-refractivity contribution in [2.75, 3.05) is 0 Å². The third-order valence-electron chi connectivity index (χ3n) is 10.9. The fourth-order valence-corrected chi connectivity index (χ4v) is 8.28. The summed E-state index contributed by atoms with van der Waals surface area (Å²) in [5.74, 6) is 4.44. The molecular weight excluding hydrogens is 665 g/mol. The van der Waals surface area contributed by atoms with Gasteiger partial charge in [0.25, 0.3) is 0 Å². The van der Waals surface area contributed by atoms with Crippen LogP contribution in [0.5, 0.6) is 23.0 Å². The highest BCUT2D eigenvalue weighted by Crippen LogP contribution is 2.58. The molecule has 7 aromatic carbocycles. The molecule has 0 saturated carbocycles. The van der Waals surface area contributed by atoms with Gasteiger partial charge in [-0.1, -0.05) is 111 Å². The van der Waals surface area contributed by atoms with Crippen LogP contribution in [0.1, 0.15) is 25.0 Å². The lowest BCUT2D eigenvalue weighted by Gasteiger charge is -2.25. The number of para-hydroxylation sites is 2. The van der Waals surface area contributed by atoms with Crippen LogP contribution in [0.3, 0.4) is 0 Å². The Balaban J connectivity index is 1.01. The van der Waals surface area contributed by atoms with Crippen molar-refractivity contribution in [3.63, 3.8) is 0 Å². The number of fused-ring (bicyclic) bond motifs is 9. The zero-order chi connectivity index (χ0) is 36.0. The molecule has 0 saturated heterocycles. The highest BCUT2D eigenvalue weighted by Gasteiger charge is 2.39. The van der Waals surface area contributed by atoms with E-state index in [-0.39, 0.29) is 5.41 Å². The second-order valence-corrected chi connectivity index (χ2v) is 14.4. The zero-order valence-electron chi connectivity index (χ0n) is 29.6. The molecule has 0 N–H and O–H groups in total. The van der Waals surface area contributed by atoms with Crippen LogP contribution in [-0.2, 0) is 5.41 Å². The standard InChI is InChI=1S/C48H32N4O2/c1-48(2)36-17-9-6-16-35(36)43-37(48)25-27-41-44(43)54-42-28-31(22-26-40(42)53-41)47-50-45(29-12-4-3-5-13-29)49-46(51-47)30-20-23-32(24-21-30)52-38-18-10-7-14-33(38)34-15-8-11-19-39(34)52/h3-28H,1-2H3. The first kappa shape index (κ1) is 30.6. The molecule has 0 unspecified atom stereocenters. The fourth-order valence-electron chi connectivity index (χ4n) is 8.28. The number of hydrogen-bond acceptors (Lipinski definition) is 5. The number of rotatable bonds is 4. The van der Waals surface area contributed by atoms with Gasteiger partial charge in [0.1, 0.15) is 0 Å². The molecule has 54 heavy (non-hydrogen) atoms. The van der Waals surface area contributed by atoms with Crippen molar-refractivity contribution >= 4 is 21.8 Å². The largest absolute Gasteiger partial charge is 0.449 e. The van der Waals surface area contributed by atoms with Crippen molar-refractivity contribution in [2.24, 2.45) is 0 Å². The predicted octanol–water partition coefficient (Wildman–Crippen LogP) is 12.2. The second-order valence-electron chi connectivity index (χ2n) is 14.4. The third kappa shape index (κ3) is 4.56. The van der Waals surface area contributed by atoms with Gasteiger partial charge in [0, 0.05) is 44.1 Å². The first-order chi connectivity index (χ1) is 26.5. The summed E-state index contributed by atoms with van der Waals surface area (Å²) in [6.45, 7) is 4.53. The van der Waals surface area contributed by atoms with Gasteiger partial charge < -0.3 is 14.0 Å². The summed E-state index contributed by atoms with van der Waals surface area (Å²) in [6.07, 6.45) is 0. The van der Waals surface area contributed by atoms with E-state index in [4.69, 9.17) is 24.4 Å². The molecule has 1 aliphatic carbocycles. The SMILES string of the molecule is CC1(C)c2ccccc2-c2c1ccc1c2Oc2cc(-c3nc(-c4ccccc4)nc(-c4ccc(-n5c6ccccc6c6ccccc65)cc4)n3)ccc2O1. The normalized spacial score (nSPS) is 13.4. The van der Waals surface area contributed by atoms with Gasteiger partial charge in [0.2, 0.25) is 0 Å². The van der Waals surface area contributed by atoms with Gasteiger partial charge in [-0.3, -0.25) is 0 Å². The smallest absolute Gasteiger partial charge is 0.178 e. The molecule has 2 aliphatic rings. The Kier molecular flexibility index (Phi) is 6.49. The average Bonchev–Trinajstić information content (AvgIpc) is 3.69. The first-order valence-corrected chi connectivity index (χ1v) is 18.2. The highest BCUT2D eigenvalue weighted by molar-refractivity contribution is 6.09. The highest BCUT2D eigenvalue weighted by atomic mass is 16.6. The Hall–Kier alpha value is -7.05. The minimum atomic E-state index is -0.150. The minimum absolute atomic E-state index is 0.150. The molecule has 0 radical (unpaired) electrons. The van der Waals surface area contributed by atoms with Gasteiger partial charge >= 0.3 is 0 Å². The summed E-state index contributed by atoms with van der Waals surface area (Å²) in [4.78, 5) is 15.1. The Labute approximate surface area is 312 Å². The molecule has 1 aliphatic heterocycles. The van der Waals surface area contributed by atoms with Crippen LogP contribution >= 0.6 is 0 Å². The van der Waals surface area contributed by atoms with Crippen LogP contribution in [0, 0.1) is 0 Å². The zero-order valence-corrected chi connectivity index (χ0v) is 29.6. The number of hydrogen-bond donors (Lipinski definition) is 0. The first-order valence-electron chi connectivity index (χ1n) is 18.2. The van der Waals surface area contributed by atoms with Crippen molar-refractivity contribution in [1.82, 2.24) is 19.5 Å². The van der Waals surface area contributed by atoms with Crippen LogP contribution in [-0.4, -0.2) is 19.5 Å². The second kappa shape index (κ2) is 11.5. The molecule has 256 valence electrons. The van der Waals surface area contributed by atoms with E-state index in [1.807, 2.05) is 54.6 Å². The minimum Gasteiger partial charge on any atom is -0.449 e. The molecule has 0 amide bonds. The van der Waals surface area contributed by atoms with Crippen LogP contribution in [0.2, 0.25) is 0 Å². The summed E-state index contributed by atoms with van der Waals surface area (Å²) in [5.41, 5.74) is 10.6. The molecule has 6 nitrogen and oxygen atoms in total. The van der Waals surface area contributed by atoms with Gasteiger partial charge in [0.15, 0.2) is 40.5 Å². The van der Waals surface area contributed by atoms with Crippen molar-refractivity contribution in [2.45, 2.75) is 19.3 Å². The van der Waals surface area contributed by atoms with Crippen molar-refractivity contribution in [3.05, 3.63) is 169 Å². The van der Waals surface area contributed by atoms with Crippen LogP contribution in [0.4, 0.5) is 0 Å². The lowest BCUT2D eigenvalue weighted by Crippen LogP contribution is -2.15. The number of nitrogens with zero attached hydrogens (tertiary/aromatic N) is 4. The van der Waals surface area contributed by atoms with Gasteiger partial charge in [0.05, 0.1) is 11.0 Å². The Morgan fingerprint density at radius 2 is 1.04 bits per heavy atom. The summed E-state index contributed by atoms with van der Waals surface area (Å²) >= 11 is 0. The van der Waals surface area contributed by atoms with E-state index in [0.717, 1.165) is 33.7 Å². The van der Waals surface area contributed by atoms with Gasteiger partial charge in [-0.15, -0.1) is 0 Å². The molecule has 11 rings (SSSR count). The van der Waals surface area contributed by atoms with E-state index < -0.39 is 0 Å². The topological polar surface area (TPSA) is 62.1 Å². The maximum absolute atomic E-state index is 6.77. The molecule has 2 aromatic heterocycles. The van der Waals surface area contributed by atoms with Crippen LogP contribution < -0.4 is 9.47 Å². The lowest BCUT2D eigenvalue weighted by atomic mass is 9.82. The van der Waals surface area contributed by atoms with E-state index in [1.54, 1.807) is 0 Å². The van der Waals surface area contributed by atoms with Crippen LogP contribution in [0.25, 0.3) is 72.8 Å². The number of benzene rings is 7. The van der Waals surface area contributed by atoms with E-state index in [2.05, 4.69) is 122 Å². The molecule has 0 spiro atoms. The molecule has 0 fully saturated rings. The molecule has 3 heterocycles. The molecule has 9 aromatic rings. The molecule has 6 heteroatoms. The quantitative estimate of drug-likeness (QED) is 0.183. The summed E-state index contributed by atoms with van der Waals surface area (Å²) in [5, 5.41) is 2.46. The number of aromatic nitrogens is 4. The average molecular weight is 697 g/mol. The van der Waals surface area contributed by atoms with E-state index in [0.29, 0.717) is 34.7 Å². The van der Waals surface area contributed by atoms with E-state index in [1.165, 1.54) is 38.5 Å². The monoisotopic (exact) mass is 696 g/mol. The Morgan fingerprint density at radius 3 is 1.76 bits per heavy atom. The van der Waals surface area contributed by atoms with Crippen LogP contribution in [0.15, 0.2) is 158 Å². The van der Waals surface area contributed by atoms with Crippen molar-refractivity contribution in [1.29, 1.82) is 0 Å². The van der Waals surface area contributed by atoms with Crippen molar-refractivity contribution < 1.29 is 9.47 Å². The predicted molar refractivity (Wildman–Crippen MR) is 215 cm³/mol. The summed E-state index contributed by atoms with van der Waals surface area (Å²) in [7, 11) is 0. The molecular formula is C48H32N4O2.